The number of aryl methyl sites for hydroxylation is 2. The molecule has 0 saturated heterocycles. The van der Waals surface area contributed by atoms with E-state index in [0.29, 0.717) is 5.66 Å². The summed E-state index contributed by atoms with van der Waals surface area (Å²) in [4.78, 5) is 12.0. The molecule has 1 aromatic carbocycles. The van der Waals surface area contributed by atoms with Crippen molar-refractivity contribution < 1.29 is 9.90 Å². The molecule has 2 heterocycles. The number of halogens is 1. The summed E-state index contributed by atoms with van der Waals surface area (Å²) >= 11 is 7.34. The van der Waals surface area contributed by atoms with Crippen molar-refractivity contribution in [2.75, 3.05) is 0 Å². The lowest BCUT2D eigenvalue weighted by molar-refractivity contribution is 0.0697. The normalized spacial score (nSPS) is 15.0. The maximum Gasteiger partial charge on any atom is 0.338 e. The molecular weight excluding hydrogens is 483 g/mol. The van der Waals surface area contributed by atoms with Gasteiger partial charge >= 0.3 is 5.97 Å². The molecule has 164 valence electrons. The number of thiophene rings is 1. The molecule has 0 saturated carbocycles. The van der Waals surface area contributed by atoms with Crippen molar-refractivity contribution in [1.82, 2.24) is 9.78 Å². The average Bonchev–Trinajstić information content (AvgIpc) is 3.26. The molecule has 0 fully saturated rings. The fourth-order valence-electron chi connectivity index (χ4n) is 3.91. The summed E-state index contributed by atoms with van der Waals surface area (Å²) in [5, 5.41) is 13.7. The van der Waals surface area contributed by atoms with Gasteiger partial charge in [0.05, 0.1) is 17.4 Å². The monoisotopic (exact) mass is 510 g/mol. The first kappa shape index (κ1) is 24.9. The first-order valence-corrected chi connectivity index (χ1v) is 12.8. The Morgan fingerprint density at radius 1 is 1.29 bits per heavy atom. The highest BCUT2D eigenvalue weighted by atomic mass is 35.5. The molecule has 4 nitrogen and oxygen atoms in total. The predicted molar refractivity (Wildman–Crippen MR) is 146 cm³/mol. The number of nitrogens with zero attached hydrogens (tertiary/aromatic N) is 2. The number of hydrogen-bond acceptors (Lipinski definition) is 3. The summed E-state index contributed by atoms with van der Waals surface area (Å²) < 4.78 is 2.13. The molecule has 0 aliphatic heterocycles. The second-order valence-corrected chi connectivity index (χ2v) is 14.2. The van der Waals surface area contributed by atoms with Crippen LogP contribution in [0.4, 0.5) is 0 Å². The Bertz CT molecular complexity index is 1130. The fourth-order valence-corrected chi connectivity index (χ4v) is 6.94. The number of carbonyl (C=O) groups is 1. The summed E-state index contributed by atoms with van der Waals surface area (Å²) in [5.74, 6) is -1.02. The van der Waals surface area contributed by atoms with E-state index in [2.05, 4.69) is 80.5 Å². The van der Waals surface area contributed by atoms with Gasteiger partial charge in [-0.2, -0.15) is 5.10 Å². The standard InChI is InChI=1S/C21H27BClN2O2P3S/c1-10-5-14(21(22,12(3)28)20(4,29)30)6-11(2)17(10)25-9-13(8-24-25)16-7-15(19(26)27)18(23)31-16/h5-9,12H,22,28-30H2,1-4H3,(H,26,27). The summed E-state index contributed by atoms with van der Waals surface area (Å²) in [6.07, 6.45) is 3.67. The van der Waals surface area contributed by atoms with Crippen LogP contribution in [0.1, 0.15) is 40.9 Å². The minimum Gasteiger partial charge on any atom is -0.478 e. The number of benzene rings is 1. The molecule has 0 radical (unpaired) electrons. The van der Waals surface area contributed by atoms with Crippen LogP contribution in [0.5, 0.6) is 0 Å². The van der Waals surface area contributed by atoms with E-state index in [9.17, 15) is 9.90 Å². The van der Waals surface area contributed by atoms with Gasteiger partial charge < -0.3 is 5.11 Å². The maximum atomic E-state index is 11.3. The molecule has 0 aliphatic rings. The van der Waals surface area contributed by atoms with E-state index in [0.717, 1.165) is 27.3 Å². The summed E-state index contributed by atoms with van der Waals surface area (Å²) in [6.45, 7) is 8.66. The number of rotatable bonds is 6. The highest BCUT2D eigenvalue weighted by molar-refractivity contribution is 7.40. The molecule has 0 spiro atoms. The molecule has 5 unspecified atom stereocenters. The van der Waals surface area contributed by atoms with Crippen LogP contribution in [0.25, 0.3) is 16.1 Å². The van der Waals surface area contributed by atoms with Crippen LogP contribution in [0.3, 0.4) is 0 Å². The van der Waals surface area contributed by atoms with Gasteiger partial charge in [0.15, 0.2) is 0 Å². The third-order valence-corrected chi connectivity index (χ3v) is 9.41. The third-order valence-electron chi connectivity index (χ3n) is 6.13. The zero-order valence-corrected chi connectivity index (χ0v) is 23.3. The van der Waals surface area contributed by atoms with Crippen LogP contribution in [0.15, 0.2) is 30.6 Å². The van der Waals surface area contributed by atoms with Crippen LogP contribution in [-0.2, 0) is 5.31 Å². The van der Waals surface area contributed by atoms with Gasteiger partial charge in [0.2, 0.25) is 0 Å². The SMILES string of the molecule is BC(c1cc(C)c(-n2cc(-c3cc(C(=O)O)c(Cl)s3)cn2)c(C)c1)(C(C)P)C(C)(P)P. The minimum atomic E-state index is -1.02. The number of carboxylic acids is 1. The van der Waals surface area contributed by atoms with E-state index < -0.39 is 5.97 Å². The van der Waals surface area contributed by atoms with Crippen LogP contribution < -0.4 is 0 Å². The lowest BCUT2D eigenvalue weighted by atomic mass is 9.59. The van der Waals surface area contributed by atoms with E-state index in [1.54, 1.807) is 12.3 Å². The van der Waals surface area contributed by atoms with E-state index in [4.69, 9.17) is 11.6 Å². The predicted octanol–water partition coefficient (Wildman–Crippen LogP) is 5.13. The van der Waals surface area contributed by atoms with Crippen LogP contribution in [-0.4, -0.2) is 39.3 Å². The quantitative estimate of drug-likeness (QED) is 0.370. The number of hydrogen-bond donors (Lipinski definition) is 1. The molecule has 0 bridgehead atoms. The van der Waals surface area contributed by atoms with Gasteiger partial charge in [-0.05, 0) is 52.5 Å². The van der Waals surface area contributed by atoms with Crippen molar-refractivity contribution in [2.45, 2.75) is 43.6 Å². The Balaban J connectivity index is 2.06. The maximum absolute atomic E-state index is 11.3. The third kappa shape index (κ3) is 4.53. The van der Waals surface area contributed by atoms with Gasteiger partial charge in [-0.3, -0.25) is 0 Å². The molecule has 3 aromatic rings. The van der Waals surface area contributed by atoms with Crippen molar-refractivity contribution in [3.05, 3.63) is 57.2 Å². The van der Waals surface area contributed by atoms with Gasteiger partial charge in [-0.1, -0.05) is 37.6 Å². The van der Waals surface area contributed by atoms with Gasteiger partial charge in [-0.25, -0.2) is 9.48 Å². The fraction of sp³-hybridized carbons (Fsp3) is 0.333. The van der Waals surface area contributed by atoms with Crippen molar-refractivity contribution >= 4 is 64.5 Å². The number of aromatic nitrogens is 2. The topological polar surface area (TPSA) is 55.1 Å². The second kappa shape index (κ2) is 8.88. The Kier molecular flexibility index (Phi) is 7.13. The van der Waals surface area contributed by atoms with Gasteiger partial charge in [0.25, 0.3) is 0 Å². The Hall–Kier alpha value is -0.755. The zero-order chi connectivity index (χ0) is 23.3. The zero-order valence-electron chi connectivity index (χ0n) is 18.2. The molecule has 3 rings (SSSR count). The molecule has 0 amide bonds. The largest absolute Gasteiger partial charge is 0.478 e. The summed E-state index contributed by atoms with van der Waals surface area (Å²) in [7, 11) is 11.2. The molecule has 10 heteroatoms. The molecule has 5 atom stereocenters. The smallest absolute Gasteiger partial charge is 0.338 e. The van der Waals surface area contributed by atoms with Crippen LogP contribution in [0.2, 0.25) is 4.34 Å². The average molecular weight is 511 g/mol. The van der Waals surface area contributed by atoms with E-state index >= 15 is 0 Å². The number of carboxylic acid groups (broad SMARTS) is 1. The highest BCUT2D eigenvalue weighted by Crippen LogP contribution is 2.49. The van der Waals surface area contributed by atoms with E-state index in [1.807, 2.05) is 10.9 Å². The molecule has 31 heavy (non-hydrogen) atoms. The van der Waals surface area contributed by atoms with Crippen LogP contribution in [0, 0.1) is 13.8 Å². The highest BCUT2D eigenvalue weighted by Gasteiger charge is 2.42. The first-order valence-electron chi connectivity index (χ1n) is 9.80. The minimum absolute atomic E-state index is 0.0757. The lowest BCUT2D eigenvalue weighted by Gasteiger charge is -2.46. The lowest BCUT2D eigenvalue weighted by Crippen LogP contribution is -2.47. The van der Waals surface area contributed by atoms with E-state index in [-0.39, 0.29) is 20.1 Å². The van der Waals surface area contributed by atoms with Crippen molar-refractivity contribution in [3.8, 4) is 16.1 Å². The first-order chi connectivity index (χ1) is 14.3. The Morgan fingerprint density at radius 3 is 2.32 bits per heavy atom. The Labute approximate surface area is 200 Å². The van der Waals surface area contributed by atoms with E-state index in [1.165, 1.54) is 16.9 Å². The van der Waals surface area contributed by atoms with Crippen molar-refractivity contribution in [2.24, 2.45) is 0 Å². The van der Waals surface area contributed by atoms with Crippen molar-refractivity contribution in [3.63, 3.8) is 0 Å². The summed E-state index contributed by atoms with van der Waals surface area (Å²) in [5.41, 5.74) is 5.91. The van der Waals surface area contributed by atoms with Crippen molar-refractivity contribution in [1.29, 1.82) is 0 Å². The molecular formula is C21H27BClN2O2P3S. The van der Waals surface area contributed by atoms with Gasteiger partial charge in [0, 0.05) is 16.6 Å². The Morgan fingerprint density at radius 2 is 1.87 bits per heavy atom. The second-order valence-electron chi connectivity index (χ2n) is 8.51. The molecule has 2 aromatic heterocycles. The molecule has 0 aliphatic carbocycles. The van der Waals surface area contributed by atoms with Gasteiger partial charge in [-0.15, -0.1) is 39.1 Å². The summed E-state index contributed by atoms with van der Waals surface area (Å²) in [6, 6.07) is 6.10. The van der Waals surface area contributed by atoms with Crippen LogP contribution >= 0.6 is 50.7 Å². The number of aromatic carboxylic acids is 1. The molecule has 1 N–H and O–H groups in total. The van der Waals surface area contributed by atoms with Gasteiger partial charge in [0.1, 0.15) is 12.2 Å².